The molecule has 0 aliphatic rings. The summed E-state index contributed by atoms with van der Waals surface area (Å²) in [5.41, 5.74) is 3.12. The topological polar surface area (TPSA) is 55.4 Å². The Morgan fingerprint density at radius 2 is 1.81 bits per heavy atom. The summed E-state index contributed by atoms with van der Waals surface area (Å²) in [4.78, 5) is 14.3. The van der Waals surface area contributed by atoms with Gasteiger partial charge in [-0.25, -0.2) is 0 Å². The molecule has 6 heteroatoms. The number of amides is 1. The van der Waals surface area contributed by atoms with Crippen LogP contribution in [-0.4, -0.2) is 38.6 Å². The number of carbonyl (C=O) groups excluding carboxylic acids is 1. The van der Waals surface area contributed by atoms with Crippen LogP contribution < -0.4 is 14.8 Å². The van der Waals surface area contributed by atoms with Gasteiger partial charge in [0.1, 0.15) is 6.04 Å². The fourth-order valence-electron chi connectivity index (χ4n) is 2.94. The third-order valence-corrected chi connectivity index (χ3v) is 5.06. The molecule has 0 saturated carbocycles. The van der Waals surface area contributed by atoms with Crippen LogP contribution in [-0.2, 0) is 11.3 Å². The van der Waals surface area contributed by atoms with Gasteiger partial charge in [0, 0.05) is 24.2 Å². The molecular formula is C21H28ClN2O3+. The van der Waals surface area contributed by atoms with Crippen LogP contribution in [0.15, 0.2) is 36.4 Å². The highest BCUT2D eigenvalue weighted by molar-refractivity contribution is 6.31. The number of ether oxygens (including phenoxy) is 2. The molecule has 2 aromatic rings. The molecule has 0 aromatic heterocycles. The normalized spacial score (nSPS) is 11.8. The van der Waals surface area contributed by atoms with E-state index in [0.29, 0.717) is 24.6 Å². The van der Waals surface area contributed by atoms with Crippen molar-refractivity contribution in [2.75, 3.05) is 27.8 Å². The van der Waals surface area contributed by atoms with E-state index in [1.807, 2.05) is 62.6 Å². The minimum Gasteiger partial charge on any atom is -0.493 e. The van der Waals surface area contributed by atoms with Crippen LogP contribution in [0.25, 0.3) is 0 Å². The second-order valence-corrected chi connectivity index (χ2v) is 7.04. The van der Waals surface area contributed by atoms with Gasteiger partial charge in [-0.3, -0.25) is 4.79 Å². The molecule has 2 rings (SSSR count). The first-order valence-electron chi connectivity index (χ1n) is 8.90. The molecule has 0 bridgehead atoms. The lowest BCUT2D eigenvalue weighted by molar-refractivity contribution is -0.683. The molecule has 0 aliphatic heterocycles. The zero-order valence-electron chi connectivity index (χ0n) is 16.6. The lowest BCUT2D eigenvalue weighted by Gasteiger charge is -2.20. The van der Waals surface area contributed by atoms with E-state index in [-0.39, 0.29) is 11.9 Å². The van der Waals surface area contributed by atoms with Crippen LogP contribution in [0.2, 0.25) is 5.02 Å². The standard InChI is InChI=1S/C21H27ClN2O3/c1-14-10-19(26-4)20(27-5)11-16(14)13-24(3)21(25)12-23-15(2)17-8-6-7-9-18(17)22/h6-11,15,23H,12-13H2,1-5H3/p+1/t15-/m1/s1. The molecule has 0 radical (unpaired) electrons. The number of hydrogen-bond acceptors (Lipinski definition) is 3. The number of quaternary nitrogens is 1. The van der Waals surface area contributed by atoms with Gasteiger partial charge >= 0.3 is 0 Å². The third kappa shape index (κ3) is 5.37. The Hall–Kier alpha value is -2.24. The number of methoxy groups -OCH3 is 2. The van der Waals surface area contributed by atoms with E-state index < -0.39 is 0 Å². The Labute approximate surface area is 166 Å². The quantitative estimate of drug-likeness (QED) is 0.752. The summed E-state index contributed by atoms with van der Waals surface area (Å²) < 4.78 is 10.7. The van der Waals surface area contributed by atoms with Crippen molar-refractivity contribution in [2.45, 2.75) is 26.4 Å². The highest BCUT2D eigenvalue weighted by Gasteiger charge is 2.18. The molecule has 0 fully saturated rings. The molecule has 1 amide bonds. The number of nitrogens with zero attached hydrogens (tertiary/aromatic N) is 1. The lowest BCUT2D eigenvalue weighted by atomic mass is 10.1. The Morgan fingerprint density at radius 1 is 1.19 bits per heavy atom. The van der Waals surface area contributed by atoms with E-state index in [0.717, 1.165) is 21.7 Å². The fourth-order valence-corrected chi connectivity index (χ4v) is 3.25. The third-order valence-electron chi connectivity index (χ3n) is 4.72. The molecule has 0 saturated heterocycles. The summed E-state index contributed by atoms with van der Waals surface area (Å²) in [6.07, 6.45) is 0. The van der Waals surface area contributed by atoms with Gasteiger partial charge in [-0.1, -0.05) is 29.8 Å². The van der Waals surface area contributed by atoms with Crippen molar-refractivity contribution in [3.8, 4) is 11.5 Å². The van der Waals surface area contributed by atoms with Crippen molar-refractivity contribution in [1.29, 1.82) is 0 Å². The van der Waals surface area contributed by atoms with E-state index in [9.17, 15) is 4.79 Å². The summed E-state index contributed by atoms with van der Waals surface area (Å²) in [5, 5.41) is 2.73. The number of aryl methyl sites for hydroxylation is 1. The van der Waals surface area contributed by atoms with E-state index >= 15 is 0 Å². The Balaban J connectivity index is 1.99. The highest BCUT2D eigenvalue weighted by Crippen LogP contribution is 2.30. The van der Waals surface area contributed by atoms with Gasteiger partial charge in [0.05, 0.1) is 14.2 Å². The van der Waals surface area contributed by atoms with Crippen LogP contribution in [0.5, 0.6) is 11.5 Å². The van der Waals surface area contributed by atoms with E-state index in [1.54, 1.807) is 19.1 Å². The van der Waals surface area contributed by atoms with Crippen LogP contribution in [0.3, 0.4) is 0 Å². The van der Waals surface area contributed by atoms with Crippen LogP contribution in [0.4, 0.5) is 0 Å². The monoisotopic (exact) mass is 391 g/mol. The van der Waals surface area contributed by atoms with Crippen molar-refractivity contribution >= 4 is 17.5 Å². The Morgan fingerprint density at radius 3 is 2.44 bits per heavy atom. The van der Waals surface area contributed by atoms with Crippen molar-refractivity contribution in [3.63, 3.8) is 0 Å². The number of rotatable bonds is 8. The van der Waals surface area contributed by atoms with Gasteiger partial charge in [-0.15, -0.1) is 0 Å². The highest BCUT2D eigenvalue weighted by atomic mass is 35.5. The van der Waals surface area contributed by atoms with Gasteiger partial charge in [-0.05, 0) is 43.2 Å². The molecule has 0 heterocycles. The second kappa shape index (κ2) is 9.62. The van der Waals surface area contributed by atoms with Crippen molar-refractivity contribution in [2.24, 2.45) is 0 Å². The minimum absolute atomic E-state index is 0.0584. The molecule has 5 nitrogen and oxygen atoms in total. The van der Waals surface area contributed by atoms with E-state index in [1.165, 1.54) is 0 Å². The molecule has 0 aliphatic carbocycles. The fraction of sp³-hybridized carbons (Fsp3) is 0.381. The van der Waals surface area contributed by atoms with Gasteiger partial charge < -0.3 is 19.7 Å². The smallest absolute Gasteiger partial charge is 0.277 e. The maximum absolute atomic E-state index is 12.6. The SMILES string of the molecule is COc1cc(C)c(CN(C)C(=O)C[NH2+][C@H](C)c2ccccc2Cl)cc1OC. The van der Waals surface area contributed by atoms with Gasteiger partial charge in [-0.2, -0.15) is 0 Å². The zero-order chi connectivity index (χ0) is 20.0. The molecule has 0 spiro atoms. The predicted molar refractivity (Wildman–Crippen MR) is 107 cm³/mol. The van der Waals surface area contributed by atoms with E-state index in [4.69, 9.17) is 21.1 Å². The maximum Gasteiger partial charge on any atom is 0.277 e. The summed E-state index contributed by atoms with van der Waals surface area (Å²) in [6, 6.07) is 11.7. The zero-order valence-corrected chi connectivity index (χ0v) is 17.3. The summed E-state index contributed by atoms with van der Waals surface area (Å²) in [7, 11) is 5.03. The first-order chi connectivity index (χ1) is 12.9. The Kier molecular flexibility index (Phi) is 7.51. The number of carbonyl (C=O) groups is 1. The molecule has 146 valence electrons. The van der Waals surface area contributed by atoms with Crippen LogP contribution in [0.1, 0.15) is 29.7 Å². The lowest BCUT2D eigenvalue weighted by Crippen LogP contribution is -2.87. The average Bonchev–Trinajstić information content (AvgIpc) is 2.67. The summed E-state index contributed by atoms with van der Waals surface area (Å²) >= 11 is 6.24. The van der Waals surface area contributed by atoms with Gasteiger partial charge in [0.2, 0.25) is 0 Å². The summed E-state index contributed by atoms with van der Waals surface area (Å²) in [6.45, 7) is 4.92. The second-order valence-electron chi connectivity index (χ2n) is 6.63. The van der Waals surface area contributed by atoms with Crippen molar-refractivity contribution in [3.05, 3.63) is 58.1 Å². The van der Waals surface area contributed by atoms with Gasteiger partial charge in [0.25, 0.3) is 5.91 Å². The first-order valence-corrected chi connectivity index (χ1v) is 9.28. The number of likely N-dealkylation sites (N-methyl/N-ethyl adjacent to an activating group) is 1. The van der Waals surface area contributed by atoms with Crippen molar-refractivity contribution in [1.82, 2.24) is 4.90 Å². The largest absolute Gasteiger partial charge is 0.493 e. The van der Waals surface area contributed by atoms with Crippen LogP contribution in [0, 0.1) is 6.92 Å². The minimum atomic E-state index is 0.0584. The average molecular weight is 392 g/mol. The van der Waals surface area contributed by atoms with E-state index in [2.05, 4.69) is 0 Å². The molecule has 2 aromatic carbocycles. The molecular weight excluding hydrogens is 364 g/mol. The molecule has 2 N–H and O–H groups in total. The molecule has 1 atom stereocenters. The maximum atomic E-state index is 12.6. The Bertz CT molecular complexity index is 795. The number of nitrogens with two attached hydrogens (primary N) is 1. The first kappa shape index (κ1) is 21.1. The van der Waals surface area contributed by atoms with Crippen LogP contribution >= 0.6 is 11.6 Å². The molecule has 0 unspecified atom stereocenters. The van der Waals surface area contributed by atoms with Crippen molar-refractivity contribution < 1.29 is 19.6 Å². The summed E-state index contributed by atoms with van der Waals surface area (Å²) in [5.74, 6) is 1.41. The number of halogens is 1. The number of benzene rings is 2. The molecule has 27 heavy (non-hydrogen) atoms. The predicted octanol–water partition coefficient (Wildman–Crippen LogP) is 2.95. The van der Waals surface area contributed by atoms with Gasteiger partial charge in [0.15, 0.2) is 18.0 Å². The number of hydrogen-bond donors (Lipinski definition) is 1.